The van der Waals surface area contributed by atoms with Gasteiger partial charge in [-0.3, -0.25) is 9.69 Å². The Hall–Kier alpha value is -0.570. The highest BCUT2D eigenvalue weighted by atomic mass is 16.5. The first-order chi connectivity index (χ1) is 6.47. The topological polar surface area (TPSA) is 29.5 Å². The van der Waals surface area contributed by atoms with E-state index in [0.29, 0.717) is 25.1 Å². The van der Waals surface area contributed by atoms with Crippen LogP contribution in [0.15, 0.2) is 0 Å². The fourth-order valence-corrected chi connectivity index (χ4v) is 1.30. The normalized spacial score (nSPS) is 11.4. The minimum atomic E-state index is -0.123. The summed E-state index contributed by atoms with van der Waals surface area (Å²) >= 11 is 0. The summed E-state index contributed by atoms with van der Waals surface area (Å²) in [5.41, 5.74) is 0. The van der Waals surface area contributed by atoms with Crippen molar-refractivity contribution in [2.75, 3.05) is 19.7 Å². The molecule has 0 aromatic rings. The molecular weight excluding hydrogens is 178 g/mol. The van der Waals surface area contributed by atoms with Crippen molar-refractivity contribution in [3.05, 3.63) is 0 Å². The van der Waals surface area contributed by atoms with Crippen LogP contribution in [0.2, 0.25) is 0 Å². The molecule has 0 aliphatic carbocycles. The maximum absolute atomic E-state index is 11.3. The van der Waals surface area contributed by atoms with Gasteiger partial charge in [-0.1, -0.05) is 13.8 Å². The summed E-state index contributed by atoms with van der Waals surface area (Å²) in [5.74, 6) is 0.452. The highest BCUT2D eigenvalue weighted by Crippen LogP contribution is 2.04. The average molecular weight is 201 g/mol. The van der Waals surface area contributed by atoms with Crippen molar-refractivity contribution in [2.45, 2.75) is 40.7 Å². The zero-order valence-electron chi connectivity index (χ0n) is 10.0. The van der Waals surface area contributed by atoms with E-state index in [9.17, 15) is 4.79 Å². The first-order valence-corrected chi connectivity index (χ1v) is 5.37. The fourth-order valence-electron chi connectivity index (χ4n) is 1.30. The molecule has 0 fully saturated rings. The average Bonchev–Trinajstić information content (AvgIpc) is 2.02. The highest BCUT2D eigenvalue weighted by Gasteiger charge is 2.15. The third kappa shape index (κ3) is 5.97. The molecule has 0 radical (unpaired) electrons. The minimum Gasteiger partial charge on any atom is -0.465 e. The maximum atomic E-state index is 11.3. The van der Waals surface area contributed by atoms with Crippen LogP contribution < -0.4 is 0 Å². The van der Waals surface area contributed by atoms with Crippen molar-refractivity contribution in [3.63, 3.8) is 0 Å². The quantitative estimate of drug-likeness (QED) is 0.615. The van der Waals surface area contributed by atoms with Gasteiger partial charge < -0.3 is 4.74 Å². The zero-order chi connectivity index (χ0) is 11.1. The Morgan fingerprint density at radius 1 is 1.29 bits per heavy atom. The molecule has 0 atom stereocenters. The smallest absolute Gasteiger partial charge is 0.320 e. The summed E-state index contributed by atoms with van der Waals surface area (Å²) < 4.78 is 4.92. The minimum absolute atomic E-state index is 0.123. The van der Waals surface area contributed by atoms with Gasteiger partial charge in [0.05, 0.1) is 13.2 Å². The zero-order valence-corrected chi connectivity index (χ0v) is 10.0. The van der Waals surface area contributed by atoms with Gasteiger partial charge >= 0.3 is 5.97 Å². The molecule has 3 heteroatoms. The van der Waals surface area contributed by atoms with E-state index in [1.165, 1.54) is 0 Å². The molecule has 0 saturated carbocycles. The van der Waals surface area contributed by atoms with Crippen molar-refractivity contribution in [1.29, 1.82) is 0 Å². The van der Waals surface area contributed by atoms with E-state index in [1.807, 2.05) is 6.92 Å². The van der Waals surface area contributed by atoms with Crippen molar-refractivity contribution < 1.29 is 9.53 Å². The van der Waals surface area contributed by atoms with Crippen molar-refractivity contribution in [3.8, 4) is 0 Å². The van der Waals surface area contributed by atoms with E-state index in [4.69, 9.17) is 4.74 Å². The summed E-state index contributed by atoms with van der Waals surface area (Å²) in [5, 5.41) is 0. The number of ether oxygens (including phenoxy) is 1. The van der Waals surface area contributed by atoms with Crippen molar-refractivity contribution >= 4 is 5.97 Å². The molecule has 0 aliphatic heterocycles. The molecule has 3 nitrogen and oxygen atoms in total. The van der Waals surface area contributed by atoms with Crippen LogP contribution in [0.25, 0.3) is 0 Å². The van der Waals surface area contributed by atoms with Gasteiger partial charge in [-0.25, -0.2) is 0 Å². The fraction of sp³-hybridized carbons (Fsp3) is 0.909. The molecule has 0 rings (SSSR count). The van der Waals surface area contributed by atoms with Crippen LogP contribution in [0.4, 0.5) is 0 Å². The molecule has 0 aromatic heterocycles. The van der Waals surface area contributed by atoms with Crippen LogP contribution in [-0.2, 0) is 9.53 Å². The van der Waals surface area contributed by atoms with Crippen LogP contribution in [-0.4, -0.2) is 36.6 Å². The first-order valence-electron chi connectivity index (χ1n) is 5.37. The number of carbonyl (C=O) groups excluding carboxylic acids is 1. The van der Waals surface area contributed by atoms with E-state index in [2.05, 4.69) is 32.6 Å². The molecule has 0 aliphatic rings. The lowest BCUT2D eigenvalue weighted by atomic mass is 10.2. The van der Waals surface area contributed by atoms with E-state index >= 15 is 0 Å². The second-order valence-corrected chi connectivity index (χ2v) is 4.22. The standard InChI is InChI=1S/C11H23NO2/c1-6-14-11(13)8-12(10(4)5)7-9(2)3/h9-10H,6-8H2,1-5H3. The van der Waals surface area contributed by atoms with E-state index < -0.39 is 0 Å². The van der Waals surface area contributed by atoms with Gasteiger partial charge in [0, 0.05) is 12.6 Å². The molecule has 0 amide bonds. The predicted molar refractivity (Wildman–Crippen MR) is 58.2 cm³/mol. The van der Waals surface area contributed by atoms with Crippen LogP contribution in [0.5, 0.6) is 0 Å². The summed E-state index contributed by atoms with van der Waals surface area (Å²) in [7, 11) is 0. The SMILES string of the molecule is CCOC(=O)CN(CC(C)C)C(C)C. The second kappa shape index (κ2) is 6.82. The predicted octanol–water partition coefficient (Wildman–Crippen LogP) is 1.92. The van der Waals surface area contributed by atoms with Gasteiger partial charge in [0.1, 0.15) is 0 Å². The number of nitrogens with zero attached hydrogens (tertiary/aromatic N) is 1. The third-order valence-electron chi connectivity index (χ3n) is 1.97. The van der Waals surface area contributed by atoms with E-state index in [0.717, 1.165) is 6.54 Å². The second-order valence-electron chi connectivity index (χ2n) is 4.22. The number of rotatable bonds is 6. The lowest BCUT2D eigenvalue weighted by Crippen LogP contribution is -2.38. The highest BCUT2D eigenvalue weighted by molar-refractivity contribution is 5.71. The van der Waals surface area contributed by atoms with E-state index in [-0.39, 0.29) is 5.97 Å². The number of esters is 1. The van der Waals surface area contributed by atoms with Crippen LogP contribution >= 0.6 is 0 Å². The molecule has 84 valence electrons. The first kappa shape index (κ1) is 13.4. The number of hydrogen-bond acceptors (Lipinski definition) is 3. The molecule has 14 heavy (non-hydrogen) atoms. The van der Waals surface area contributed by atoms with E-state index in [1.54, 1.807) is 0 Å². The molecule has 0 heterocycles. The molecule has 0 bridgehead atoms. The Kier molecular flexibility index (Phi) is 6.54. The van der Waals surface area contributed by atoms with Gasteiger partial charge in [-0.05, 0) is 26.7 Å². The number of hydrogen-bond donors (Lipinski definition) is 0. The summed E-state index contributed by atoms with van der Waals surface area (Å²) in [6.45, 7) is 12.1. The monoisotopic (exact) mass is 201 g/mol. The van der Waals surface area contributed by atoms with Crippen LogP contribution in [0.1, 0.15) is 34.6 Å². The van der Waals surface area contributed by atoms with Gasteiger partial charge in [-0.15, -0.1) is 0 Å². The van der Waals surface area contributed by atoms with Gasteiger partial charge in [0.2, 0.25) is 0 Å². The summed E-state index contributed by atoms with van der Waals surface area (Å²) in [4.78, 5) is 13.4. The third-order valence-corrected chi connectivity index (χ3v) is 1.97. The Balaban J connectivity index is 4.02. The number of carbonyl (C=O) groups is 1. The van der Waals surface area contributed by atoms with Crippen LogP contribution in [0.3, 0.4) is 0 Å². The van der Waals surface area contributed by atoms with Crippen LogP contribution in [0, 0.1) is 5.92 Å². The Bertz CT molecular complexity index is 167. The molecule has 0 N–H and O–H groups in total. The van der Waals surface area contributed by atoms with Crippen molar-refractivity contribution in [1.82, 2.24) is 4.90 Å². The van der Waals surface area contributed by atoms with Gasteiger partial charge in [0.15, 0.2) is 0 Å². The van der Waals surface area contributed by atoms with Gasteiger partial charge in [-0.2, -0.15) is 0 Å². The Labute approximate surface area is 87.4 Å². The Morgan fingerprint density at radius 2 is 1.86 bits per heavy atom. The molecular formula is C11H23NO2. The lowest BCUT2D eigenvalue weighted by molar-refractivity contribution is -0.145. The molecule has 0 unspecified atom stereocenters. The maximum Gasteiger partial charge on any atom is 0.320 e. The van der Waals surface area contributed by atoms with Gasteiger partial charge in [0.25, 0.3) is 0 Å². The molecule has 0 aromatic carbocycles. The molecule has 0 saturated heterocycles. The largest absolute Gasteiger partial charge is 0.465 e. The van der Waals surface area contributed by atoms with Crippen molar-refractivity contribution in [2.24, 2.45) is 5.92 Å². The summed E-state index contributed by atoms with van der Waals surface area (Å²) in [6.07, 6.45) is 0. The lowest BCUT2D eigenvalue weighted by Gasteiger charge is -2.26. The molecule has 0 spiro atoms. The summed E-state index contributed by atoms with van der Waals surface area (Å²) in [6, 6.07) is 0.391. The Morgan fingerprint density at radius 3 is 2.21 bits per heavy atom.